The van der Waals surface area contributed by atoms with E-state index >= 15 is 0 Å². The molecule has 1 rings (SSSR count). The number of hydrogen-bond acceptors (Lipinski definition) is 4. The van der Waals surface area contributed by atoms with Crippen molar-refractivity contribution in [2.24, 2.45) is 5.73 Å². The van der Waals surface area contributed by atoms with Gasteiger partial charge in [0.05, 0.1) is 12.7 Å². The van der Waals surface area contributed by atoms with E-state index in [-0.39, 0.29) is 5.78 Å². The Bertz CT molecular complexity index is 420. The number of ether oxygens (including phenoxy) is 2. The van der Waals surface area contributed by atoms with Crippen molar-refractivity contribution in [3.8, 4) is 5.75 Å². The summed E-state index contributed by atoms with van der Waals surface area (Å²) in [7, 11) is 1.50. The fourth-order valence-corrected chi connectivity index (χ4v) is 1.87. The summed E-state index contributed by atoms with van der Waals surface area (Å²) < 4.78 is 10.3. The van der Waals surface area contributed by atoms with Gasteiger partial charge in [0.15, 0.2) is 6.23 Å². The first-order chi connectivity index (χ1) is 8.01. The van der Waals surface area contributed by atoms with Crippen LogP contribution in [0.15, 0.2) is 12.1 Å². The lowest BCUT2D eigenvalue weighted by Crippen LogP contribution is -2.33. The van der Waals surface area contributed by atoms with Crippen LogP contribution in [0.2, 0.25) is 5.02 Å². The SMILES string of the molecule is CCOC(N)C(=O)c1cc(Cl)cc(C)c1OC. The van der Waals surface area contributed by atoms with Gasteiger partial charge >= 0.3 is 0 Å². The molecule has 2 N–H and O–H groups in total. The number of rotatable bonds is 5. The fourth-order valence-electron chi connectivity index (χ4n) is 1.59. The summed E-state index contributed by atoms with van der Waals surface area (Å²) >= 11 is 5.92. The monoisotopic (exact) mass is 257 g/mol. The molecule has 0 aromatic heterocycles. The minimum Gasteiger partial charge on any atom is -0.496 e. The highest BCUT2D eigenvalue weighted by molar-refractivity contribution is 6.31. The van der Waals surface area contributed by atoms with Gasteiger partial charge in [-0.15, -0.1) is 0 Å². The molecule has 0 radical (unpaired) electrons. The zero-order valence-corrected chi connectivity index (χ0v) is 10.9. The summed E-state index contributed by atoms with van der Waals surface area (Å²) in [5.74, 6) is 0.142. The lowest BCUT2D eigenvalue weighted by molar-refractivity contribution is 0.0477. The van der Waals surface area contributed by atoms with E-state index in [0.717, 1.165) is 5.56 Å². The van der Waals surface area contributed by atoms with Crippen LogP contribution >= 0.6 is 11.6 Å². The van der Waals surface area contributed by atoms with Crippen molar-refractivity contribution in [2.75, 3.05) is 13.7 Å². The molecule has 1 unspecified atom stereocenters. The molecule has 0 fully saturated rings. The van der Waals surface area contributed by atoms with Gasteiger partial charge in [-0.3, -0.25) is 10.5 Å². The maximum atomic E-state index is 12.0. The van der Waals surface area contributed by atoms with Crippen LogP contribution in [0.4, 0.5) is 0 Å². The molecule has 0 aliphatic heterocycles. The summed E-state index contributed by atoms with van der Waals surface area (Å²) in [6, 6.07) is 3.26. The average Bonchev–Trinajstić information content (AvgIpc) is 2.27. The minimum absolute atomic E-state index is 0.339. The molecule has 4 nitrogen and oxygen atoms in total. The van der Waals surface area contributed by atoms with E-state index in [2.05, 4.69) is 0 Å². The number of aryl methyl sites for hydroxylation is 1. The summed E-state index contributed by atoms with van der Waals surface area (Å²) in [6.45, 7) is 3.95. The standard InChI is InChI=1S/C12H16ClNO3/c1-4-17-12(14)10(15)9-6-8(13)5-7(2)11(9)16-3/h5-6,12H,4,14H2,1-3H3. The Morgan fingerprint density at radius 3 is 2.71 bits per heavy atom. The third kappa shape index (κ3) is 3.19. The van der Waals surface area contributed by atoms with E-state index in [9.17, 15) is 4.79 Å². The smallest absolute Gasteiger partial charge is 0.209 e. The topological polar surface area (TPSA) is 61.5 Å². The van der Waals surface area contributed by atoms with Crippen LogP contribution in [0, 0.1) is 6.92 Å². The average molecular weight is 258 g/mol. The Morgan fingerprint density at radius 2 is 2.18 bits per heavy atom. The first-order valence-corrected chi connectivity index (χ1v) is 5.64. The van der Waals surface area contributed by atoms with Crippen LogP contribution in [-0.4, -0.2) is 25.7 Å². The van der Waals surface area contributed by atoms with Gasteiger partial charge in [-0.2, -0.15) is 0 Å². The molecule has 17 heavy (non-hydrogen) atoms. The van der Waals surface area contributed by atoms with Crippen molar-refractivity contribution in [1.82, 2.24) is 0 Å². The van der Waals surface area contributed by atoms with Crippen LogP contribution in [0.5, 0.6) is 5.75 Å². The number of carbonyl (C=O) groups excluding carboxylic acids is 1. The number of nitrogens with two attached hydrogens (primary N) is 1. The van der Waals surface area contributed by atoms with Crippen molar-refractivity contribution in [2.45, 2.75) is 20.1 Å². The lowest BCUT2D eigenvalue weighted by atomic mass is 10.0. The van der Waals surface area contributed by atoms with Gasteiger partial charge in [-0.25, -0.2) is 0 Å². The number of hydrogen-bond donors (Lipinski definition) is 1. The van der Waals surface area contributed by atoms with E-state index in [4.69, 9.17) is 26.8 Å². The molecule has 0 aliphatic carbocycles. The molecular formula is C12H16ClNO3. The van der Waals surface area contributed by atoms with Crippen molar-refractivity contribution in [3.63, 3.8) is 0 Å². The van der Waals surface area contributed by atoms with Crippen LogP contribution in [0.3, 0.4) is 0 Å². The molecule has 0 saturated carbocycles. The van der Waals surface area contributed by atoms with E-state index in [0.29, 0.717) is 22.9 Å². The normalized spacial score (nSPS) is 12.3. The Balaban J connectivity index is 3.16. The van der Waals surface area contributed by atoms with E-state index in [1.807, 2.05) is 6.92 Å². The Labute approximate surface area is 106 Å². The zero-order valence-electron chi connectivity index (χ0n) is 10.1. The van der Waals surface area contributed by atoms with E-state index < -0.39 is 6.23 Å². The number of halogens is 1. The largest absolute Gasteiger partial charge is 0.496 e. The van der Waals surface area contributed by atoms with Gasteiger partial charge < -0.3 is 9.47 Å². The predicted octanol–water partition coefficient (Wildman–Crippen LogP) is 2.16. The van der Waals surface area contributed by atoms with Crippen molar-refractivity contribution in [3.05, 3.63) is 28.3 Å². The maximum Gasteiger partial charge on any atom is 0.209 e. The summed E-state index contributed by atoms with van der Waals surface area (Å²) in [6.07, 6.45) is -0.994. The molecule has 0 aliphatic rings. The molecule has 1 aromatic rings. The molecule has 0 spiro atoms. The Hall–Kier alpha value is -1.10. The van der Waals surface area contributed by atoms with Crippen LogP contribution in [0.1, 0.15) is 22.8 Å². The zero-order chi connectivity index (χ0) is 13.0. The van der Waals surface area contributed by atoms with E-state index in [1.165, 1.54) is 13.2 Å². The molecule has 0 heterocycles. The first-order valence-electron chi connectivity index (χ1n) is 5.26. The number of carbonyl (C=O) groups is 1. The number of Topliss-reactive ketones (excluding diaryl/α,β-unsaturated/α-hetero) is 1. The molecule has 0 amide bonds. The van der Waals surface area contributed by atoms with Crippen molar-refractivity contribution >= 4 is 17.4 Å². The van der Waals surface area contributed by atoms with Gasteiger partial charge in [0.1, 0.15) is 5.75 Å². The molecule has 1 aromatic carbocycles. The molecular weight excluding hydrogens is 242 g/mol. The van der Waals surface area contributed by atoms with Crippen molar-refractivity contribution in [1.29, 1.82) is 0 Å². The third-order valence-electron chi connectivity index (χ3n) is 2.31. The van der Waals surface area contributed by atoms with Gasteiger partial charge in [0.2, 0.25) is 5.78 Å². The van der Waals surface area contributed by atoms with Gasteiger partial charge in [-0.1, -0.05) is 11.6 Å². The van der Waals surface area contributed by atoms with Crippen molar-refractivity contribution < 1.29 is 14.3 Å². The Morgan fingerprint density at radius 1 is 1.53 bits per heavy atom. The number of ketones is 1. The quantitative estimate of drug-likeness (QED) is 0.649. The maximum absolute atomic E-state index is 12.0. The Kier molecular flexibility index (Phi) is 4.93. The van der Waals surface area contributed by atoms with Crippen LogP contribution in [-0.2, 0) is 4.74 Å². The number of benzene rings is 1. The molecule has 1 atom stereocenters. The summed E-state index contributed by atoms with van der Waals surface area (Å²) in [5.41, 5.74) is 6.74. The lowest BCUT2D eigenvalue weighted by Gasteiger charge is -2.15. The predicted molar refractivity (Wildman–Crippen MR) is 66.7 cm³/mol. The second-order valence-electron chi connectivity index (χ2n) is 3.54. The third-order valence-corrected chi connectivity index (χ3v) is 2.53. The van der Waals surface area contributed by atoms with E-state index in [1.54, 1.807) is 13.0 Å². The minimum atomic E-state index is -0.994. The molecule has 5 heteroatoms. The fraction of sp³-hybridized carbons (Fsp3) is 0.417. The van der Waals surface area contributed by atoms with Crippen LogP contribution < -0.4 is 10.5 Å². The molecule has 0 saturated heterocycles. The molecule has 94 valence electrons. The van der Waals surface area contributed by atoms with Gasteiger partial charge in [-0.05, 0) is 31.5 Å². The summed E-state index contributed by atoms with van der Waals surface area (Å²) in [4.78, 5) is 12.0. The van der Waals surface area contributed by atoms with Crippen LogP contribution in [0.25, 0.3) is 0 Å². The first kappa shape index (κ1) is 14.0. The second-order valence-corrected chi connectivity index (χ2v) is 3.98. The van der Waals surface area contributed by atoms with Gasteiger partial charge in [0.25, 0.3) is 0 Å². The van der Waals surface area contributed by atoms with Gasteiger partial charge in [0, 0.05) is 11.6 Å². The highest BCUT2D eigenvalue weighted by Crippen LogP contribution is 2.28. The number of methoxy groups -OCH3 is 1. The summed E-state index contributed by atoms with van der Waals surface area (Å²) in [5, 5.41) is 0.468. The highest BCUT2D eigenvalue weighted by Gasteiger charge is 2.21. The second kappa shape index (κ2) is 6.00. The molecule has 0 bridgehead atoms. The highest BCUT2D eigenvalue weighted by atomic mass is 35.5.